The Balaban J connectivity index is 1.54. The molecule has 1 aliphatic rings. The number of aryl methyl sites for hydroxylation is 1. The highest BCUT2D eigenvalue weighted by atomic mass is 32.1. The van der Waals surface area contributed by atoms with E-state index in [1.165, 1.54) is 11.5 Å². The molecule has 1 saturated heterocycles. The molecule has 7 nitrogen and oxygen atoms in total. The predicted molar refractivity (Wildman–Crippen MR) is 89.9 cm³/mol. The lowest BCUT2D eigenvalue weighted by atomic mass is 10.1. The number of piperidine rings is 1. The summed E-state index contributed by atoms with van der Waals surface area (Å²) in [7, 11) is 1.83. The third kappa shape index (κ3) is 3.52. The minimum absolute atomic E-state index is 0.0542. The lowest BCUT2D eigenvalue weighted by molar-refractivity contribution is 0.0923. The summed E-state index contributed by atoms with van der Waals surface area (Å²) in [5.74, 6) is 1.22. The molecule has 23 heavy (non-hydrogen) atoms. The monoisotopic (exact) mass is 334 g/mol. The number of hydrogen-bond donors (Lipinski definition) is 1. The fraction of sp³-hybridized carbons (Fsp3) is 0.600. The Kier molecular flexibility index (Phi) is 4.61. The second kappa shape index (κ2) is 6.66. The molecule has 1 aliphatic heterocycles. The van der Waals surface area contributed by atoms with Gasteiger partial charge in [0.15, 0.2) is 0 Å². The van der Waals surface area contributed by atoms with Gasteiger partial charge in [-0.1, -0.05) is 13.8 Å². The molecule has 0 aliphatic carbocycles. The van der Waals surface area contributed by atoms with Gasteiger partial charge in [-0.15, -0.1) is 0 Å². The van der Waals surface area contributed by atoms with E-state index >= 15 is 0 Å². The minimum atomic E-state index is -0.0542. The van der Waals surface area contributed by atoms with Crippen LogP contribution in [0.5, 0.6) is 0 Å². The Morgan fingerprint density at radius 3 is 2.70 bits per heavy atom. The summed E-state index contributed by atoms with van der Waals surface area (Å²) in [6, 6.07) is 0.200. The summed E-state index contributed by atoms with van der Waals surface area (Å²) in [6.07, 6.45) is 5.07. The summed E-state index contributed by atoms with van der Waals surface area (Å²) in [5.41, 5.74) is 0.595. The van der Waals surface area contributed by atoms with Crippen molar-refractivity contribution in [3.63, 3.8) is 0 Å². The normalized spacial score (nSPS) is 16.1. The van der Waals surface area contributed by atoms with E-state index in [4.69, 9.17) is 0 Å². The quantitative estimate of drug-likeness (QED) is 0.922. The molecule has 3 rings (SSSR count). The van der Waals surface area contributed by atoms with Crippen LogP contribution < -0.4 is 10.2 Å². The average Bonchev–Trinajstić information content (AvgIpc) is 3.17. The summed E-state index contributed by atoms with van der Waals surface area (Å²) in [6.45, 7) is 5.99. The molecule has 2 aromatic rings. The van der Waals surface area contributed by atoms with Crippen LogP contribution in [0.25, 0.3) is 0 Å². The second-order valence-electron chi connectivity index (χ2n) is 6.21. The van der Waals surface area contributed by atoms with Crippen LogP contribution >= 0.6 is 11.5 Å². The maximum absolute atomic E-state index is 12.2. The summed E-state index contributed by atoms with van der Waals surface area (Å²) in [5, 5.41) is 4.09. The van der Waals surface area contributed by atoms with E-state index in [2.05, 4.69) is 38.4 Å². The zero-order valence-corrected chi connectivity index (χ0v) is 14.5. The molecule has 0 unspecified atom stereocenters. The third-order valence-corrected chi connectivity index (χ3v) is 4.89. The second-order valence-corrected chi connectivity index (χ2v) is 6.94. The smallest absolute Gasteiger partial charge is 0.269 e. The fourth-order valence-corrected chi connectivity index (χ4v) is 3.50. The molecule has 3 heterocycles. The van der Waals surface area contributed by atoms with Crippen molar-refractivity contribution in [2.45, 2.75) is 38.6 Å². The number of hydrogen-bond acceptors (Lipinski definition) is 6. The van der Waals surface area contributed by atoms with Crippen molar-refractivity contribution >= 4 is 22.6 Å². The van der Waals surface area contributed by atoms with Crippen molar-refractivity contribution < 1.29 is 4.79 Å². The Bertz CT molecular complexity index is 671. The maximum Gasteiger partial charge on any atom is 0.269 e. The van der Waals surface area contributed by atoms with Gasteiger partial charge >= 0.3 is 0 Å². The predicted octanol–water partition coefficient (Wildman–Crippen LogP) is 1.79. The number of nitrogens with zero attached hydrogens (tertiary/aromatic N) is 5. The molecule has 0 atom stereocenters. The SMILES string of the molecule is CC(C)c1nsc(N2CCC(NC(=O)c3cncn3C)CC2)n1. The van der Waals surface area contributed by atoms with Crippen molar-refractivity contribution in [3.8, 4) is 0 Å². The van der Waals surface area contributed by atoms with E-state index < -0.39 is 0 Å². The topological polar surface area (TPSA) is 75.9 Å². The third-order valence-electron chi connectivity index (χ3n) is 4.10. The first-order valence-electron chi connectivity index (χ1n) is 7.90. The first-order chi connectivity index (χ1) is 11.0. The number of nitrogens with one attached hydrogen (secondary N) is 1. The number of carbonyl (C=O) groups excluding carboxylic acids is 1. The summed E-state index contributed by atoms with van der Waals surface area (Å²) in [4.78, 5) is 23.1. The van der Waals surface area contributed by atoms with Gasteiger partial charge in [0, 0.05) is 43.6 Å². The fourth-order valence-electron chi connectivity index (χ4n) is 2.64. The number of anilines is 1. The number of rotatable bonds is 4. The van der Waals surface area contributed by atoms with Crippen molar-refractivity contribution in [2.24, 2.45) is 7.05 Å². The zero-order valence-electron chi connectivity index (χ0n) is 13.7. The number of carbonyl (C=O) groups is 1. The Morgan fingerprint density at radius 1 is 1.39 bits per heavy atom. The molecule has 8 heteroatoms. The van der Waals surface area contributed by atoms with Crippen molar-refractivity contribution in [1.29, 1.82) is 0 Å². The number of imidazole rings is 1. The lowest BCUT2D eigenvalue weighted by Gasteiger charge is -2.31. The molecule has 1 fully saturated rings. The van der Waals surface area contributed by atoms with Crippen LogP contribution in [-0.2, 0) is 7.05 Å². The van der Waals surface area contributed by atoms with E-state index in [0.29, 0.717) is 11.6 Å². The Morgan fingerprint density at radius 2 is 2.13 bits per heavy atom. The first kappa shape index (κ1) is 15.9. The number of amides is 1. The Labute approximate surface area is 139 Å². The molecular formula is C15H22N6OS. The van der Waals surface area contributed by atoms with Crippen LogP contribution in [0.1, 0.15) is 48.9 Å². The van der Waals surface area contributed by atoms with Gasteiger partial charge in [-0.2, -0.15) is 4.37 Å². The van der Waals surface area contributed by atoms with E-state index in [1.54, 1.807) is 17.1 Å². The average molecular weight is 334 g/mol. The summed E-state index contributed by atoms with van der Waals surface area (Å²) < 4.78 is 6.15. The van der Waals surface area contributed by atoms with Crippen LogP contribution in [0, 0.1) is 0 Å². The van der Waals surface area contributed by atoms with Crippen LogP contribution in [0.15, 0.2) is 12.5 Å². The van der Waals surface area contributed by atoms with Gasteiger partial charge in [0.25, 0.3) is 5.91 Å². The van der Waals surface area contributed by atoms with Crippen molar-refractivity contribution in [2.75, 3.05) is 18.0 Å². The van der Waals surface area contributed by atoms with Crippen LogP contribution in [-0.4, -0.2) is 43.9 Å². The minimum Gasteiger partial charge on any atom is -0.348 e. The van der Waals surface area contributed by atoms with Gasteiger partial charge in [-0.25, -0.2) is 9.97 Å². The highest BCUT2D eigenvalue weighted by Crippen LogP contribution is 2.24. The van der Waals surface area contributed by atoms with Gasteiger partial charge in [0.05, 0.1) is 12.5 Å². The molecule has 0 radical (unpaired) electrons. The molecule has 2 aromatic heterocycles. The van der Waals surface area contributed by atoms with E-state index in [0.717, 1.165) is 36.9 Å². The van der Waals surface area contributed by atoms with Gasteiger partial charge in [-0.05, 0) is 12.8 Å². The molecule has 0 bridgehead atoms. The first-order valence-corrected chi connectivity index (χ1v) is 8.67. The van der Waals surface area contributed by atoms with Gasteiger partial charge < -0.3 is 14.8 Å². The van der Waals surface area contributed by atoms with Crippen LogP contribution in [0.4, 0.5) is 5.13 Å². The molecule has 1 N–H and O–H groups in total. The Hall–Kier alpha value is -1.96. The molecule has 0 saturated carbocycles. The van der Waals surface area contributed by atoms with E-state index in [9.17, 15) is 4.79 Å². The van der Waals surface area contributed by atoms with Crippen LogP contribution in [0.2, 0.25) is 0 Å². The van der Waals surface area contributed by atoms with Crippen LogP contribution in [0.3, 0.4) is 0 Å². The maximum atomic E-state index is 12.2. The zero-order chi connectivity index (χ0) is 16.4. The van der Waals surface area contributed by atoms with Gasteiger partial charge in [-0.3, -0.25) is 4.79 Å². The molecule has 0 spiro atoms. The lowest BCUT2D eigenvalue weighted by Crippen LogP contribution is -2.45. The molecular weight excluding hydrogens is 312 g/mol. The van der Waals surface area contributed by atoms with Crippen molar-refractivity contribution in [3.05, 3.63) is 24.0 Å². The number of aromatic nitrogens is 4. The highest BCUT2D eigenvalue weighted by molar-refractivity contribution is 7.09. The van der Waals surface area contributed by atoms with Gasteiger partial charge in [0.1, 0.15) is 11.5 Å². The van der Waals surface area contributed by atoms with Crippen molar-refractivity contribution in [1.82, 2.24) is 24.2 Å². The highest BCUT2D eigenvalue weighted by Gasteiger charge is 2.24. The van der Waals surface area contributed by atoms with E-state index in [-0.39, 0.29) is 11.9 Å². The molecule has 0 aromatic carbocycles. The molecule has 1 amide bonds. The summed E-state index contributed by atoms with van der Waals surface area (Å²) >= 11 is 1.47. The van der Waals surface area contributed by atoms with E-state index in [1.807, 2.05) is 7.05 Å². The largest absolute Gasteiger partial charge is 0.348 e. The van der Waals surface area contributed by atoms with Gasteiger partial charge in [0.2, 0.25) is 5.13 Å². The standard InChI is InChI=1S/C15H22N6OS/c1-10(2)13-18-15(23-19-13)21-6-4-11(5-7-21)17-14(22)12-8-16-9-20(12)3/h8-11H,4-7H2,1-3H3,(H,17,22). The molecule has 124 valence electrons.